The summed E-state index contributed by atoms with van der Waals surface area (Å²) < 4.78 is 24.6. The van der Waals surface area contributed by atoms with Crippen LogP contribution in [-0.2, 0) is 23.7 Å². The number of fused-ring (bicyclic) bond motifs is 4. The van der Waals surface area contributed by atoms with E-state index < -0.39 is 60.6 Å². The Morgan fingerprint density at radius 3 is 2.26 bits per heavy atom. The zero-order chi connectivity index (χ0) is 34.3. The Balaban J connectivity index is 1.14. The molecule has 3 unspecified atom stereocenters. The number of aliphatic hydroxyl groups is 5. The molecule has 2 heterocycles. The minimum absolute atomic E-state index is 0.0683. The Labute approximate surface area is 279 Å². The fourth-order valence-electron chi connectivity index (χ4n) is 13.7. The van der Waals surface area contributed by atoms with Crippen molar-refractivity contribution in [1.29, 1.82) is 0 Å². The monoisotopic (exact) mass is 664 g/mol. The van der Waals surface area contributed by atoms with Crippen molar-refractivity contribution in [2.24, 2.45) is 50.7 Å². The first-order chi connectivity index (χ1) is 21.8. The predicted octanol–water partition coefficient (Wildman–Crippen LogP) is 3.33. The van der Waals surface area contributed by atoms with E-state index in [1.54, 1.807) is 13.8 Å². The van der Waals surface area contributed by atoms with Crippen molar-refractivity contribution in [3.05, 3.63) is 0 Å². The van der Waals surface area contributed by atoms with E-state index in [0.717, 1.165) is 38.5 Å². The highest BCUT2D eigenvalue weighted by Crippen LogP contribution is 2.89. The highest BCUT2D eigenvalue weighted by Gasteiger charge is 2.84. The number of rotatable bonds is 5. The number of hydrogen-bond acceptors (Lipinski definition) is 10. The van der Waals surface area contributed by atoms with Gasteiger partial charge in [0, 0.05) is 12.3 Å². The normalized spacial score (nSPS) is 55.4. The number of carbonyl (C=O) groups is 1. The highest BCUT2D eigenvalue weighted by atomic mass is 16.7. The molecule has 2 spiro atoms. The standard InChI is InChI=1S/C37H60O10/c1-18-15-21(30(33(5,6)43)45-19(2)38)46-28-25(18)34(7)13-14-37-17-36(37)12-11-24(47-31-27(41)26(40)20(39)16-44-31)32(3,4)22(36)9-10-23(37)35(34,8)29(28)42/h18,20-31,39-43H,9-17H2,1-8H3/t18-,20-,21?,22+,23?,24+,25+,26+,27-,28+,29+,30+,31+,34-,35-,36?,37+/m1/s1. The molecule has 5 aliphatic carbocycles. The van der Waals surface area contributed by atoms with E-state index >= 15 is 0 Å². The Hall–Kier alpha value is -0.850. The molecule has 17 atom stereocenters. The van der Waals surface area contributed by atoms with Gasteiger partial charge in [-0.15, -0.1) is 0 Å². The van der Waals surface area contributed by atoms with Gasteiger partial charge in [-0.1, -0.05) is 34.6 Å². The molecule has 10 nitrogen and oxygen atoms in total. The number of ether oxygens (including phenoxy) is 4. The number of aliphatic hydroxyl groups excluding tert-OH is 4. The lowest BCUT2D eigenvalue weighted by atomic mass is 9.41. The SMILES string of the molecule is CC(=O)O[C@@H](C1C[C@@H](C)[C@H]2[C@H](O1)[C@H](O)[C@@]1(C)C3CC[C@H]4C(C)(C)[C@@H](O[C@@H]5OC[C@@H](O)[C@H](O)[C@H]5O)CCC45C[C@@]35CC[C@]21C)C(C)(C)O. The molecule has 2 saturated heterocycles. The molecule has 7 rings (SSSR count). The van der Waals surface area contributed by atoms with Crippen molar-refractivity contribution in [1.82, 2.24) is 0 Å². The second kappa shape index (κ2) is 10.8. The van der Waals surface area contributed by atoms with Gasteiger partial charge in [0.2, 0.25) is 0 Å². The fraction of sp³-hybridized carbons (Fsp3) is 0.973. The van der Waals surface area contributed by atoms with Crippen LogP contribution in [0.25, 0.3) is 0 Å². The van der Waals surface area contributed by atoms with Gasteiger partial charge in [0.15, 0.2) is 12.4 Å². The van der Waals surface area contributed by atoms with E-state index in [-0.39, 0.29) is 51.6 Å². The van der Waals surface area contributed by atoms with E-state index in [1.807, 2.05) is 0 Å². The van der Waals surface area contributed by atoms with E-state index in [0.29, 0.717) is 18.3 Å². The highest BCUT2D eigenvalue weighted by molar-refractivity contribution is 5.66. The van der Waals surface area contributed by atoms with Gasteiger partial charge in [0.25, 0.3) is 0 Å². The molecule has 0 aromatic heterocycles. The molecule has 10 heteroatoms. The third-order valence-corrected chi connectivity index (χ3v) is 15.8. The summed E-state index contributed by atoms with van der Waals surface area (Å²) in [6, 6.07) is 0. The fourth-order valence-corrected chi connectivity index (χ4v) is 13.7. The third kappa shape index (κ3) is 4.54. The summed E-state index contributed by atoms with van der Waals surface area (Å²) in [5, 5.41) is 54.3. The lowest BCUT2D eigenvalue weighted by Crippen LogP contribution is -2.61. The van der Waals surface area contributed by atoms with Gasteiger partial charge < -0.3 is 44.5 Å². The topological polar surface area (TPSA) is 155 Å². The van der Waals surface area contributed by atoms with E-state index in [2.05, 4.69) is 34.6 Å². The largest absolute Gasteiger partial charge is 0.457 e. The van der Waals surface area contributed by atoms with Crippen LogP contribution in [0, 0.1) is 50.7 Å². The van der Waals surface area contributed by atoms with Gasteiger partial charge in [0.05, 0.1) is 36.6 Å². The molecular formula is C37H60O10. The molecule has 0 radical (unpaired) electrons. The maximum absolute atomic E-state index is 12.5. The molecule has 7 fully saturated rings. The minimum Gasteiger partial charge on any atom is -0.457 e. The smallest absolute Gasteiger partial charge is 0.303 e. The van der Waals surface area contributed by atoms with Gasteiger partial charge in [0.1, 0.15) is 18.3 Å². The van der Waals surface area contributed by atoms with Crippen LogP contribution in [0.4, 0.5) is 0 Å². The molecule has 5 N–H and O–H groups in total. The maximum Gasteiger partial charge on any atom is 0.303 e. The van der Waals surface area contributed by atoms with E-state index in [4.69, 9.17) is 18.9 Å². The van der Waals surface area contributed by atoms with E-state index in [9.17, 15) is 30.3 Å². The molecule has 0 bridgehead atoms. The van der Waals surface area contributed by atoms with Crippen molar-refractivity contribution in [2.45, 2.75) is 167 Å². The number of carbonyl (C=O) groups excluding carboxylic acids is 1. The van der Waals surface area contributed by atoms with Crippen LogP contribution in [0.3, 0.4) is 0 Å². The van der Waals surface area contributed by atoms with Crippen LogP contribution in [0.15, 0.2) is 0 Å². The summed E-state index contributed by atoms with van der Waals surface area (Å²) in [5.74, 6) is 0.717. The summed E-state index contributed by atoms with van der Waals surface area (Å²) in [6.07, 6.45) is 0.712. The Kier molecular flexibility index (Phi) is 7.97. The van der Waals surface area contributed by atoms with Crippen LogP contribution in [-0.4, -0.2) is 98.8 Å². The molecule has 7 aliphatic rings. The maximum atomic E-state index is 12.5. The first kappa shape index (κ1) is 34.6. The molecule has 0 amide bonds. The average molecular weight is 665 g/mol. The molecule has 0 aromatic carbocycles. The van der Waals surface area contributed by atoms with Crippen LogP contribution < -0.4 is 0 Å². The van der Waals surface area contributed by atoms with Gasteiger partial charge in [-0.2, -0.15) is 0 Å². The zero-order valence-electron chi connectivity index (χ0n) is 29.6. The van der Waals surface area contributed by atoms with Crippen molar-refractivity contribution in [3.8, 4) is 0 Å². The second-order valence-electron chi connectivity index (χ2n) is 18.6. The molecule has 5 saturated carbocycles. The molecule has 47 heavy (non-hydrogen) atoms. The Bertz CT molecular complexity index is 1250. The number of hydrogen-bond donors (Lipinski definition) is 5. The quantitative estimate of drug-likeness (QED) is 0.218. The molecular weight excluding hydrogens is 604 g/mol. The summed E-state index contributed by atoms with van der Waals surface area (Å²) in [6.45, 7) is 16.2. The Morgan fingerprint density at radius 1 is 0.936 bits per heavy atom. The van der Waals surface area contributed by atoms with Crippen molar-refractivity contribution in [3.63, 3.8) is 0 Å². The summed E-state index contributed by atoms with van der Waals surface area (Å²) in [5.41, 5.74) is -1.61. The lowest BCUT2D eigenvalue weighted by molar-refractivity contribution is -0.303. The second-order valence-corrected chi connectivity index (χ2v) is 18.6. The molecule has 0 aromatic rings. The average Bonchev–Trinajstić information content (AvgIpc) is 3.61. The van der Waals surface area contributed by atoms with Crippen LogP contribution in [0.5, 0.6) is 0 Å². The van der Waals surface area contributed by atoms with Crippen LogP contribution >= 0.6 is 0 Å². The summed E-state index contributed by atoms with van der Waals surface area (Å²) >= 11 is 0. The zero-order valence-corrected chi connectivity index (χ0v) is 29.6. The van der Waals surface area contributed by atoms with Crippen molar-refractivity contribution >= 4 is 5.97 Å². The Morgan fingerprint density at radius 2 is 1.60 bits per heavy atom. The summed E-state index contributed by atoms with van der Waals surface area (Å²) in [7, 11) is 0. The third-order valence-electron chi connectivity index (χ3n) is 15.8. The van der Waals surface area contributed by atoms with Crippen molar-refractivity contribution in [2.75, 3.05) is 6.61 Å². The molecule has 268 valence electrons. The van der Waals surface area contributed by atoms with Gasteiger partial charge in [-0.05, 0) is 111 Å². The van der Waals surface area contributed by atoms with Gasteiger partial charge in [-0.3, -0.25) is 4.79 Å². The predicted molar refractivity (Wildman–Crippen MR) is 171 cm³/mol. The van der Waals surface area contributed by atoms with E-state index in [1.165, 1.54) is 13.3 Å². The molecule has 2 aliphatic heterocycles. The lowest BCUT2D eigenvalue weighted by Gasteiger charge is -2.64. The first-order valence-electron chi connectivity index (χ1n) is 18.3. The minimum atomic E-state index is -1.30. The van der Waals surface area contributed by atoms with Gasteiger partial charge in [-0.25, -0.2) is 0 Å². The van der Waals surface area contributed by atoms with Crippen LogP contribution in [0.2, 0.25) is 0 Å². The van der Waals surface area contributed by atoms with Crippen LogP contribution in [0.1, 0.15) is 107 Å². The number of esters is 1. The van der Waals surface area contributed by atoms with Gasteiger partial charge >= 0.3 is 5.97 Å². The first-order valence-corrected chi connectivity index (χ1v) is 18.3. The van der Waals surface area contributed by atoms with Crippen molar-refractivity contribution < 1.29 is 49.3 Å². The summed E-state index contributed by atoms with van der Waals surface area (Å²) in [4.78, 5) is 12.1.